The molecule has 0 bridgehead atoms. The molecular formula is C85H92N16O8S11. The van der Waals surface area contributed by atoms with E-state index in [0.717, 1.165) is 203 Å². The number of pyridine rings is 4. The summed E-state index contributed by atoms with van der Waals surface area (Å²) in [7, 11) is 1.07. The van der Waals surface area contributed by atoms with Gasteiger partial charge in [0.25, 0.3) is 0 Å². The fourth-order valence-corrected chi connectivity index (χ4v) is 25.5. The zero-order valence-corrected chi connectivity index (χ0v) is 76.4. The number of rotatable bonds is 31. The van der Waals surface area contributed by atoms with Crippen LogP contribution in [0, 0.1) is 5.92 Å². The first-order valence-corrected chi connectivity index (χ1v) is 50.6. The van der Waals surface area contributed by atoms with E-state index in [9.17, 15) is 21.6 Å². The van der Waals surface area contributed by atoms with Gasteiger partial charge < -0.3 is 42.0 Å². The first kappa shape index (κ1) is 87.5. The number of methoxy groups -OCH3 is 1. The minimum absolute atomic E-state index is 0.109. The monoisotopic (exact) mass is 1820 g/mol. The number of ether oxygens (including phenoxy) is 3. The Morgan fingerprint density at radius 2 is 0.967 bits per heavy atom. The number of hydrogen-bond donors (Lipinski definition) is 4. The van der Waals surface area contributed by atoms with Crippen molar-refractivity contribution >= 4 is 216 Å². The van der Waals surface area contributed by atoms with Crippen molar-refractivity contribution < 1.29 is 35.8 Å². The molecule has 2 aliphatic carbocycles. The Morgan fingerprint density at radius 3 is 1.42 bits per heavy atom. The fourth-order valence-electron chi connectivity index (χ4n) is 13.5. The highest BCUT2D eigenvalue weighted by Crippen LogP contribution is 2.48. The molecule has 626 valence electrons. The summed E-state index contributed by atoms with van der Waals surface area (Å²) in [4.78, 5) is 67.4. The standard InChI is InChI=1S/C26H30N4O4S3.C21H22N4O2S3.C20H21N3OS2.C18H19N5OS3/c1-4-5-14-37(32)25-22(27)21-19(15-20(29-24(21)36-25)23-28-10-13-35-23)18-8-6-17(7-9-18)16-34-26(31)33-12-11-30(2)3;1-27-6-2-8-30(26)21-18(22)17-14(13-9-15(24-11-13)12-3-4-12)10-16(25-20(17)29-21)19-23-5-7-28-19;1-3-4-7-26(24)15-9-17-16(14-8-13(2)22-12-14)11-19(23-18(17)10-15)20-21-5-6-25-20;1-2-3-6-27(24)18-15(20)14-11(10-7-13(19)22-9-10)8-12(23-17(14)26-18)16-21-4-5-25-16/h6-10,13,15H,4-5,11-12,14,16,27H2,1-3H3;5,7,10-12H,2-4,6,8-9,22H2,1H3;5-6,9,11-12H,3-4,7-8,10H2,1-2H3;4-5,8-9H,2-3,6-7,20H2,1H3,(H2,19,22). The lowest BCUT2D eigenvalue weighted by atomic mass is 9.97. The summed E-state index contributed by atoms with van der Waals surface area (Å²) in [6.07, 6.45) is 26.2. The molecule has 11 aromatic heterocycles. The second-order valence-corrected chi connectivity index (χ2v) is 42.5. The van der Waals surface area contributed by atoms with Gasteiger partial charge in [0.05, 0.1) is 60.8 Å². The molecule has 4 unspecified atom stereocenters. The van der Waals surface area contributed by atoms with Crippen molar-refractivity contribution in [2.45, 2.75) is 130 Å². The van der Waals surface area contributed by atoms with Gasteiger partial charge in [0.15, 0.2) is 0 Å². The van der Waals surface area contributed by atoms with E-state index in [1.807, 2.05) is 96.2 Å². The summed E-state index contributed by atoms with van der Waals surface area (Å²) in [5, 5.41) is 13.7. The predicted octanol–water partition coefficient (Wildman–Crippen LogP) is 19.4. The molecule has 3 aliphatic heterocycles. The number of benzene rings is 1. The van der Waals surface area contributed by atoms with Crippen LogP contribution >= 0.6 is 79.4 Å². The van der Waals surface area contributed by atoms with Gasteiger partial charge in [-0.2, -0.15) is 0 Å². The number of thiazole rings is 4. The first-order valence-electron chi connectivity index (χ1n) is 39.4. The van der Waals surface area contributed by atoms with Crippen molar-refractivity contribution in [1.29, 1.82) is 0 Å². The van der Waals surface area contributed by atoms with Crippen LogP contribution < -0.4 is 22.9 Å². The third-order valence-corrected chi connectivity index (χ3v) is 33.6. The number of hydrogen-bond acceptors (Lipinski definition) is 31. The lowest BCUT2D eigenvalue weighted by molar-refractivity contribution is 0.0461. The molecule has 5 aliphatic rings. The summed E-state index contributed by atoms with van der Waals surface area (Å²) in [6, 6.07) is 15.9. The van der Waals surface area contributed by atoms with Crippen molar-refractivity contribution in [3.05, 3.63) is 152 Å². The second kappa shape index (κ2) is 40.9. The largest absolute Gasteiger partial charge is 0.508 e. The molecule has 0 radical (unpaired) electrons. The predicted molar refractivity (Wildman–Crippen MR) is 503 cm³/mol. The van der Waals surface area contributed by atoms with Gasteiger partial charge in [0.2, 0.25) is 0 Å². The molecule has 12 aromatic rings. The molecule has 120 heavy (non-hydrogen) atoms. The summed E-state index contributed by atoms with van der Waals surface area (Å²) >= 11 is 10.4. The number of aromatic nitrogens is 8. The van der Waals surface area contributed by atoms with E-state index in [1.165, 1.54) is 80.8 Å². The molecule has 0 amide bonds. The van der Waals surface area contributed by atoms with Gasteiger partial charge in [-0.3, -0.25) is 26.8 Å². The molecule has 4 atom stereocenters. The molecule has 1 fully saturated rings. The second-order valence-electron chi connectivity index (χ2n) is 29.0. The third-order valence-electron chi connectivity index (χ3n) is 19.9. The zero-order valence-electron chi connectivity index (χ0n) is 67.4. The van der Waals surface area contributed by atoms with Crippen molar-refractivity contribution in [2.75, 3.05) is 81.2 Å². The van der Waals surface area contributed by atoms with Crippen molar-refractivity contribution in [1.82, 2.24) is 44.8 Å². The van der Waals surface area contributed by atoms with E-state index >= 15 is 0 Å². The van der Waals surface area contributed by atoms with Crippen molar-refractivity contribution in [3.63, 3.8) is 0 Å². The topological polar surface area (TPSA) is 361 Å². The van der Waals surface area contributed by atoms with Gasteiger partial charge >= 0.3 is 6.16 Å². The molecule has 24 nitrogen and oxygen atoms in total. The van der Waals surface area contributed by atoms with Crippen LogP contribution in [-0.2, 0) is 70.4 Å². The smallest absolute Gasteiger partial charge is 0.433 e. The number of carbonyl (C=O) groups is 1. The summed E-state index contributed by atoms with van der Waals surface area (Å²) in [6.45, 7) is 9.94. The van der Waals surface area contributed by atoms with Crippen LogP contribution in [0.5, 0.6) is 0 Å². The van der Waals surface area contributed by atoms with E-state index in [1.54, 1.807) is 60.8 Å². The number of carbonyl (C=O) groups excluding carboxylic acids is 1. The molecule has 35 heteroatoms. The van der Waals surface area contributed by atoms with Crippen molar-refractivity contribution in [3.8, 4) is 53.9 Å². The van der Waals surface area contributed by atoms with Gasteiger partial charge in [-0.15, -0.1) is 79.4 Å². The number of nitrogens with two attached hydrogens (primary N) is 4. The van der Waals surface area contributed by atoms with Gasteiger partial charge in [-0.05, 0) is 146 Å². The average molecular weight is 1820 g/mol. The van der Waals surface area contributed by atoms with Crippen LogP contribution in [0.15, 0.2) is 146 Å². The number of anilines is 3. The van der Waals surface area contributed by atoms with Crippen LogP contribution in [-0.4, -0.2) is 149 Å². The number of fused-ring (bicyclic) bond motifs is 4. The number of allylic oxidation sites excluding steroid dienone is 3. The first-order chi connectivity index (χ1) is 58.3. The summed E-state index contributed by atoms with van der Waals surface area (Å²) < 4.78 is 68.7. The van der Waals surface area contributed by atoms with Crippen LogP contribution in [0.3, 0.4) is 0 Å². The highest BCUT2D eigenvalue weighted by molar-refractivity contribution is 7.89. The molecule has 8 N–H and O–H groups in total. The van der Waals surface area contributed by atoms with E-state index < -0.39 is 49.4 Å². The van der Waals surface area contributed by atoms with Gasteiger partial charge in [-0.25, -0.2) is 49.7 Å². The Bertz CT molecular complexity index is 6040. The number of amidine groups is 1. The van der Waals surface area contributed by atoms with E-state index in [-0.39, 0.29) is 13.2 Å². The van der Waals surface area contributed by atoms with Gasteiger partial charge in [-0.1, -0.05) is 64.3 Å². The van der Waals surface area contributed by atoms with Gasteiger partial charge in [0.1, 0.15) is 83.3 Å². The molecule has 1 aromatic carbocycles. The van der Waals surface area contributed by atoms with Crippen LogP contribution in [0.2, 0.25) is 0 Å². The maximum absolute atomic E-state index is 13.0. The van der Waals surface area contributed by atoms with E-state index in [2.05, 4.69) is 73.9 Å². The molecule has 1 saturated carbocycles. The maximum Gasteiger partial charge on any atom is 0.508 e. The maximum atomic E-state index is 13.0. The SMILES string of the molecule is CCCCS(=O)C1=Cc2c(C3=CN=C(C)C3)cc(-c3nccs3)nc2C1.CCCCS(=O)c1sc2nc(-c3nccs3)cc(-c3ccc(COC(=O)OCCN(C)C)cc3)c2c1N.CCCCS(=O)c1sc2nc(-c3nccs3)cc(C3=CN=C(N)C3)c2c1N.COCCCS(=O)c1sc2nc(-c3nccs3)cc(C3=CN=C(C4CC4)C3)c2c1N. The minimum atomic E-state index is -1.17. The Balaban J connectivity index is 0.000000132. The molecule has 0 spiro atoms. The van der Waals surface area contributed by atoms with Crippen LogP contribution in [0.25, 0.3) is 107 Å². The third kappa shape index (κ3) is 20.9. The normalized spacial score (nSPS) is 15.2. The van der Waals surface area contributed by atoms with Gasteiger partial charge in [0, 0.05) is 183 Å². The summed E-state index contributed by atoms with van der Waals surface area (Å²) in [5.41, 5.74) is 44.1. The van der Waals surface area contributed by atoms with Crippen LogP contribution in [0.4, 0.5) is 21.9 Å². The summed E-state index contributed by atoms with van der Waals surface area (Å²) in [5.74, 6) is 3.66. The minimum Gasteiger partial charge on any atom is -0.433 e. The molecule has 0 saturated heterocycles. The highest BCUT2D eigenvalue weighted by Gasteiger charge is 2.33. The number of likely N-dealkylation sites (N-methyl/N-ethyl adjacent to an activating group) is 1. The Morgan fingerprint density at radius 1 is 0.517 bits per heavy atom. The van der Waals surface area contributed by atoms with Crippen LogP contribution in [0.1, 0.15) is 138 Å². The average Bonchev–Trinajstić information content (AvgIpc) is 1.55. The van der Waals surface area contributed by atoms with E-state index in [0.29, 0.717) is 84.7 Å². The molecular weight excluding hydrogens is 1730 g/mol. The number of thiophene rings is 3. The number of nitrogen functional groups attached to an aromatic ring is 3. The number of nitrogens with zero attached hydrogens (tertiary/aromatic N) is 12. The van der Waals surface area contributed by atoms with Crippen molar-refractivity contribution in [2.24, 2.45) is 26.6 Å². The lowest BCUT2D eigenvalue weighted by Gasteiger charge is -2.11. The zero-order chi connectivity index (χ0) is 84.1. The molecule has 17 rings (SSSR count). The Hall–Kier alpha value is -8.82. The lowest BCUT2D eigenvalue weighted by Crippen LogP contribution is -2.20. The van der Waals surface area contributed by atoms with E-state index in [4.69, 9.17) is 57.1 Å². The Labute approximate surface area is 734 Å². The number of unbranched alkanes of at least 4 members (excludes halogenated alkanes) is 3. The molecule has 14 heterocycles. The Kier molecular flexibility index (Phi) is 29.8. The highest BCUT2D eigenvalue weighted by atomic mass is 32.2. The number of aliphatic imine (C=N–C) groups is 3. The quantitative estimate of drug-likeness (QED) is 0.0232. The fraction of sp³-hybridized carbons (Fsp3) is 0.341.